The lowest BCUT2D eigenvalue weighted by molar-refractivity contribution is -0.144. The number of benzene rings is 1. The molecular weight excluding hydrogens is 326 g/mol. The second kappa shape index (κ2) is 8.27. The summed E-state index contributed by atoms with van der Waals surface area (Å²) in [5.41, 5.74) is 0.762. The van der Waals surface area contributed by atoms with Crippen LogP contribution in [0.1, 0.15) is 25.3 Å². The summed E-state index contributed by atoms with van der Waals surface area (Å²) < 4.78 is 5.19. The van der Waals surface area contributed by atoms with Crippen LogP contribution in [-0.2, 0) is 20.9 Å². The quantitative estimate of drug-likeness (QED) is 0.557. The van der Waals surface area contributed by atoms with E-state index >= 15 is 0 Å². The number of carbonyl (C=O) groups is 4. The average molecular weight is 347 g/mol. The smallest absolute Gasteiger partial charge is 0.334 e. The molecule has 1 N–H and O–H groups in total. The van der Waals surface area contributed by atoms with E-state index in [1.54, 1.807) is 12.1 Å². The lowest BCUT2D eigenvalue weighted by Crippen LogP contribution is -2.41. The van der Waals surface area contributed by atoms with Gasteiger partial charge in [-0.15, -0.1) is 0 Å². The van der Waals surface area contributed by atoms with Gasteiger partial charge in [0.1, 0.15) is 12.3 Å². The molecule has 0 aliphatic carbocycles. The summed E-state index contributed by atoms with van der Waals surface area (Å²) in [6.45, 7) is 1.79. The fourth-order valence-corrected chi connectivity index (χ4v) is 2.45. The predicted molar refractivity (Wildman–Crippen MR) is 88.6 cm³/mol. The van der Waals surface area contributed by atoms with Crippen molar-refractivity contribution in [1.82, 2.24) is 15.1 Å². The van der Waals surface area contributed by atoms with Gasteiger partial charge in [-0.1, -0.05) is 31.5 Å². The lowest BCUT2D eigenvalue weighted by Gasteiger charge is -2.15. The minimum absolute atomic E-state index is 0.180. The second-order valence-corrected chi connectivity index (χ2v) is 5.57. The molecule has 1 aliphatic rings. The van der Waals surface area contributed by atoms with Crippen LogP contribution in [0.4, 0.5) is 4.79 Å². The van der Waals surface area contributed by atoms with Gasteiger partial charge in [-0.05, 0) is 12.5 Å². The van der Waals surface area contributed by atoms with E-state index in [1.165, 1.54) is 7.11 Å². The number of ether oxygens (including phenoxy) is 1. The molecule has 1 aromatic carbocycles. The molecule has 8 nitrogen and oxygen atoms in total. The molecule has 0 saturated carbocycles. The first-order valence-electron chi connectivity index (χ1n) is 8.05. The van der Waals surface area contributed by atoms with Gasteiger partial charge in [0, 0.05) is 18.7 Å². The van der Waals surface area contributed by atoms with Crippen molar-refractivity contribution < 1.29 is 23.9 Å². The Morgan fingerprint density at radius 1 is 1.12 bits per heavy atom. The predicted octanol–water partition coefficient (Wildman–Crippen LogP) is 0.902. The maximum Gasteiger partial charge on any atom is 0.334 e. The van der Waals surface area contributed by atoms with E-state index in [0.717, 1.165) is 16.9 Å². The Morgan fingerprint density at radius 2 is 1.80 bits per heavy atom. The normalized spacial score (nSPS) is 14.2. The van der Waals surface area contributed by atoms with E-state index in [9.17, 15) is 19.2 Å². The zero-order chi connectivity index (χ0) is 18.4. The summed E-state index contributed by atoms with van der Waals surface area (Å²) in [5.74, 6) is -1.75. The third-order valence-corrected chi connectivity index (χ3v) is 3.84. The largest absolute Gasteiger partial charge is 0.496 e. The first-order chi connectivity index (χ1) is 12.0. The van der Waals surface area contributed by atoms with Crippen LogP contribution in [-0.4, -0.2) is 53.8 Å². The van der Waals surface area contributed by atoms with Crippen molar-refractivity contribution in [3.63, 3.8) is 0 Å². The Labute approximate surface area is 145 Å². The maximum absolute atomic E-state index is 12.2. The topological polar surface area (TPSA) is 96.0 Å². The molecule has 1 heterocycles. The highest BCUT2D eigenvalue weighted by molar-refractivity contribution is 6.45. The Kier molecular flexibility index (Phi) is 6.10. The minimum Gasteiger partial charge on any atom is -0.496 e. The summed E-state index contributed by atoms with van der Waals surface area (Å²) in [6.07, 6.45) is 1.39. The average Bonchev–Trinajstić information content (AvgIpc) is 2.82. The minimum atomic E-state index is -0.964. The van der Waals surface area contributed by atoms with Crippen LogP contribution in [0, 0.1) is 0 Å². The van der Waals surface area contributed by atoms with Gasteiger partial charge in [-0.3, -0.25) is 19.3 Å². The zero-order valence-electron chi connectivity index (χ0n) is 14.3. The van der Waals surface area contributed by atoms with Crippen LogP contribution in [0.2, 0.25) is 0 Å². The summed E-state index contributed by atoms with van der Waals surface area (Å²) in [6, 6.07) is 6.43. The molecule has 0 aromatic heterocycles. The van der Waals surface area contributed by atoms with Crippen LogP contribution in [0.5, 0.6) is 5.75 Å². The third kappa shape index (κ3) is 4.14. The summed E-state index contributed by atoms with van der Waals surface area (Å²) in [4.78, 5) is 49.5. The molecule has 0 atom stereocenters. The monoisotopic (exact) mass is 347 g/mol. The van der Waals surface area contributed by atoms with Gasteiger partial charge in [-0.2, -0.15) is 0 Å². The van der Waals surface area contributed by atoms with Gasteiger partial charge in [0.05, 0.1) is 7.11 Å². The van der Waals surface area contributed by atoms with Gasteiger partial charge in [-0.25, -0.2) is 9.69 Å². The number of methoxy groups -OCH3 is 1. The van der Waals surface area contributed by atoms with Crippen LogP contribution in [0.15, 0.2) is 24.3 Å². The summed E-state index contributed by atoms with van der Waals surface area (Å²) in [5, 5.41) is 2.62. The standard InChI is InChI=1S/C17H21N3O5/c1-3-4-9-19-15(22)16(23)20(17(19)24)11-14(21)18-10-12-7-5-6-8-13(12)25-2/h5-8H,3-4,9-11H2,1-2H3,(H,18,21). The molecule has 134 valence electrons. The fraction of sp³-hybridized carbons (Fsp3) is 0.412. The molecule has 0 bridgehead atoms. The fourth-order valence-electron chi connectivity index (χ4n) is 2.45. The Hall–Kier alpha value is -2.90. The number of nitrogens with zero attached hydrogens (tertiary/aromatic N) is 2. The number of imide groups is 2. The number of carbonyl (C=O) groups excluding carboxylic acids is 4. The number of rotatable bonds is 8. The highest BCUT2D eigenvalue weighted by Gasteiger charge is 2.44. The highest BCUT2D eigenvalue weighted by atomic mass is 16.5. The van der Waals surface area contributed by atoms with Gasteiger partial charge in [0.2, 0.25) is 5.91 Å². The van der Waals surface area contributed by atoms with E-state index in [4.69, 9.17) is 4.74 Å². The Morgan fingerprint density at radius 3 is 2.48 bits per heavy atom. The van der Waals surface area contributed by atoms with Crippen LogP contribution < -0.4 is 10.1 Å². The van der Waals surface area contributed by atoms with Gasteiger partial charge < -0.3 is 10.1 Å². The second-order valence-electron chi connectivity index (χ2n) is 5.57. The molecule has 0 radical (unpaired) electrons. The Balaban J connectivity index is 1.95. The number of nitrogens with one attached hydrogen (secondary N) is 1. The molecular formula is C17H21N3O5. The van der Waals surface area contributed by atoms with E-state index in [0.29, 0.717) is 17.1 Å². The molecule has 1 saturated heterocycles. The first-order valence-corrected chi connectivity index (χ1v) is 8.05. The molecule has 0 unspecified atom stereocenters. The van der Waals surface area contributed by atoms with Crippen molar-refractivity contribution >= 4 is 23.8 Å². The lowest BCUT2D eigenvalue weighted by atomic mass is 10.2. The van der Waals surface area contributed by atoms with Gasteiger partial charge >= 0.3 is 17.8 Å². The number of hydrogen-bond acceptors (Lipinski definition) is 5. The molecule has 5 amide bonds. The summed E-state index contributed by atoms with van der Waals surface area (Å²) >= 11 is 0. The Bertz CT molecular complexity index is 689. The SMILES string of the molecule is CCCCN1C(=O)C(=O)N(CC(=O)NCc2ccccc2OC)C1=O. The van der Waals surface area contributed by atoms with E-state index in [2.05, 4.69) is 5.32 Å². The number of urea groups is 1. The van der Waals surface area contributed by atoms with Gasteiger partial charge in [0.15, 0.2) is 0 Å². The third-order valence-electron chi connectivity index (χ3n) is 3.84. The van der Waals surface area contributed by atoms with Gasteiger partial charge in [0.25, 0.3) is 0 Å². The maximum atomic E-state index is 12.2. The van der Waals surface area contributed by atoms with Crippen molar-refractivity contribution in [3.8, 4) is 5.75 Å². The van der Waals surface area contributed by atoms with E-state index in [-0.39, 0.29) is 13.1 Å². The molecule has 1 aromatic rings. The highest BCUT2D eigenvalue weighted by Crippen LogP contribution is 2.17. The molecule has 1 fully saturated rings. The number of amides is 5. The molecule has 2 rings (SSSR count). The van der Waals surface area contributed by atoms with Crippen LogP contribution in [0.3, 0.4) is 0 Å². The summed E-state index contributed by atoms with van der Waals surface area (Å²) in [7, 11) is 1.53. The van der Waals surface area contributed by atoms with Crippen LogP contribution >= 0.6 is 0 Å². The van der Waals surface area contributed by atoms with Crippen molar-refractivity contribution in [1.29, 1.82) is 0 Å². The molecule has 1 aliphatic heterocycles. The van der Waals surface area contributed by atoms with Crippen LogP contribution in [0.25, 0.3) is 0 Å². The number of hydrogen-bond donors (Lipinski definition) is 1. The first kappa shape index (κ1) is 18.4. The van der Waals surface area contributed by atoms with Crippen molar-refractivity contribution in [3.05, 3.63) is 29.8 Å². The van der Waals surface area contributed by atoms with E-state index in [1.807, 2.05) is 19.1 Å². The molecule has 25 heavy (non-hydrogen) atoms. The molecule has 8 heteroatoms. The van der Waals surface area contributed by atoms with E-state index < -0.39 is 30.3 Å². The van der Waals surface area contributed by atoms with Crippen molar-refractivity contribution in [2.24, 2.45) is 0 Å². The number of unbranched alkanes of at least 4 members (excludes halogenated alkanes) is 1. The number of para-hydroxylation sites is 1. The van der Waals surface area contributed by atoms with Crippen molar-refractivity contribution in [2.45, 2.75) is 26.3 Å². The van der Waals surface area contributed by atoms with Crippen molar-refractivity contribution in [2.75, 3.05) is 20.2 Å². The molecule has 0 spiro atoms. The zero-order valence-corrected chi connectivity index (χ0v) is 14.3.